The Morgan fingerprint density at radius 2 is 1.23 bits per heavy atom. The molecule has 206 valence electrons. The van der Waals surface area contributed by atoms with Crippen LogP contribution in [0.15, 0.2) is 140 Å². The summed E-state index contributed by atoms with van der Waals surface area (Å²) in [5, 5.41) is 5.37. The first kappa shape index (κ1) is 24.0. The third-order valence-corrected chi connectivity index (χ3v) is 11.0. The highest BCUT2D eigenvalue weighted by molar-refractivity contribution is 6.08. The van der Waals surface area contributed by atoms with Gasteiger partial charge in [-0.1, -0.05) is 128 Å². The lowest BCUT2D eigenvalue weighted by atomic mass is 9.75. The molecule has 2 aliphatic heterocycles. The summed E-state index contributed by atoms with van der Waals surface area (Å²) in [6.07, 6.45) is 5.85. The van der Waals surface area contributed by atoms with Gasteiger partial charge in [0.1, 0.15) is 0 Å². The van der Waals surface area contributed by atoms with E-state index in [2.05, 4.69) is 145 Å². The lowest BCUT2D eigenvalue weighted by Crippen LogP contribution is -2.20. The number of benzene rings is 6. The van der Waals surface area contributed by atoms with E-state index in [4.69, 9.17) is 0 Å². The van der Waals surface area contributed by atoms with Crippen LogP contribution in [0.2, 0.25) is 0 Å². The van der Waals surface area contributed by atoms with Gasteiger partial charge in [0.05, 0.1) is 0 Å². The molecule has 43 heavy (non-hydrogen) atoms. The maximum absolute atomic E-state index is 2.65. The van der Waals surface area contributed by atoms with E-state index in [1.54, 1.807) is 11.1 Å². The smallest absolute Gasteiger partial charge is 0.154 e. The third-order valence-electron chi connectivity index (χ3n) is 11.0. The minimum Gasteiger partial charge on any atom is -0.154 e. The molecule has 0 radical (unpaired) electrons. The second kappa shape index (κ2) is 8.54. The van der Waals surface area contributed by atoms with E-state index in [0.29, 0.717) is 12.3 Å². The van der Waals surface area contributed by atoms with Crippen molar-refractivity contribution in [3.05, 3.63) is 162 Å². The predicted molar refractivity (Wildman–Crippen MR) is 176 cm³/mol. The molecule has 2 aliphatic carbocycles. The topological polar surface area (TPSA) is 3.01 Å². The quantitative estimate of drug-likeness (QED) is 0.155. The molecule has 0 amide bonds. The van der Waals surface area contributed by atoms with E-state index in [0.717, 1.165) is 4.59 Å². The maximum atomic E-state index is 2.65. The van der Waals surface area contributed by atoms with Crippen LogP contribution in [0.1, 0.15) is 60.3 Å². The zero-order chi connectivity index (χ0) is 28.2. The SMILES string of the molecule is c1ccc(C2N3C(c4cccc(-c5c6c(cc7ccccc57)C5(CCCC5)c5ccccc5-6)c4)[N+]23c2ccccc2)cc1. The Morgan fingerprint density at radius 1 is 0.558 bits per heavy atom. The number of hydrogen-bond donors (Lipinski definition) is 0. The van der Waals surface area contributed by atoms with Crippen molar-refractivity contribution in [1.82, 2.24) is 9.60 Å². The van der Waals surface area contributed by atoms with Crippen LogP contribution in [-0.4, -0.2) is 5.01 Å². The van der Waals surface area contributed by atoms with Gasteiger partial charge < -0.3 is 0 Å². The first-order chi connectivity index (χ1) is 21.3. The van der Waals surface area contributed by atoms with Crippen molar-refractivity contribution < 1.29 is 0 Å². The number of quaternary nitrogens is 1. The Bertz CT molecular complexity index is 2060. The van der Waals surface area contributed by atoms with Crippen molar-refractivity contribution in [3.63, 3.8) is 0 Å². The molecule has 2 nitrogen and oxygen atoms in total. The normalized spacial score (nSPS) is 25.3. The zero-order valence-electron chi connectivity index (χ0n) is 24.2. The molecule has 0 bridgehead atoms. The van der Waals surface area contributed by atoms with Crippen LogP contribution in [0.5, 0.6) is 0 Å². The molecule has 3 fully saturated rings. The Morgan fingerprint density at radius 3 is 2.07 bits per heavy atom. The zero-order valence-corrected chi connectivity index (χ0v) is 24.2. The summed E-state index contributed by atoms with van der Waals surface area (Å²) in [6, 6.07) is 52.5. The summed E-state index contributed by atoms with van der Waals surface area (Å²) in [7, 11) is 0. The highest BCUT2D eigenvalue weighted by Gasteiger charge is 2.92. The van der Waals surface area contributed by atoms with Crippen LogP contribution in [-0.2, 0) is 5.41 Å². The van der Waals surface area contributed by atoms with Crippen LogP contribution in [0.25, 0.3) is 33.0 Å². The van der Waals surface area contributed by atoms with E-state index in [9.17, 15) is 0 Å². The van der Waals surface area contributed by atoms with E-state index >= 15 is 0 Å². The standard InChI is InChI=1S/C41H33N2/c1-3-14-28(15-4-1)39-42-40(43(39,42)32-19-5-2-6-20-32)31-18-13-17-30(26-31)37-33-21-8-7-16-29(33)27-36-38(37)34-22-9-10-23-35(34)41(36)24-11-12-25-41/h1-10,13-23,26-27,39-40H,11-12,24-25H2/q+1. The Balaban J connectivity index is 1.16. The van der Waals surface area contributed by atoms with Crippen molar-refractivity contribution in [2.45, 2.75) is 43.4 Å². The number of rotatable bonds is 4. The van der Waals surface area contributed by atoms with Gasteiger partial charge in [-0.25, -0.2) is 0 Å². The molecule has 6 aromatic rings. The number of fused-ring (bicyclic) bond motifs is 7. The van der Waals surface area contributed by atoms with Gasteiger partial charge in [-0.05, 0) is 74.1 Å². The number of para-hydroxylation sites is 1. The van der Waals surface area contributed by atoms with E-state index in [1.807, 2.05) is 0 Å². The van der Waals surface area contributed by atoms with Gasteiger partial charge in [-0.15, -0.1) is 0 Å². The minimum absolute atomic E-state index is 0.156. The lowest BCUT2D eigenvalue weighted by Gasteiger charge is -2.27. The molecule has 2 heterocycles. The molecular weight excluding hydrogens is 520 g/mol. The Labute approximate surface area is 253 Å². The summed E-state index contributed by atoms with van der Waals surface area (Å²) < 4.78 is 0.897. The summed E-state index contributed by atoms with van der Waals surface area (Å²) in [5.41, 5.74) is 13.1. The molecule has 2 saturated heterocycles. The van der Waals surface area contributed by atoms with Crippen molar-refractivity contribution in [3.8, 4) is 22.3 Å². The molecule has 0 N–H and O–H groups in total. The van der Waals surface area contributed by atoms with Gasteiger partial charge in [0.15, 0.2) is 5.69 Å². The number of hydrogen-bond acceptors (Lipinski definition) is 1. The van der Waals surface area contributed by atoms with Crippen LogP contribution < -0.4 is 4.59 Å². The summed E-state index contributed by atoms with van der Waals surface area (Å²) >= 11 is 0. The van der Waals surface area contributed by atoms with Gasteiger partial charge in [0.2, 0.25) is 12.3 Å². The Kier molecular flexibility index (Phi) is 4.76. The molecule has 10 rings (SSSR count). The van der Waals surface area contributed by atoms with Gasteiger partial charge >= 0.3 is 0 Å². The van der Waals surface area contributed by atoms with Gasteiger partial charge in [0.25, 0.3) is 0 Å². The minimum atomic E-state index is 0.156. The second-order valence-corrected chi connectivity index (χ2v) is 13.0. The van der Waals surface area contributed by atoms with Crippen molar-refractivity contribution >= 4 is 16.5 Å². The maximum Gasteiger partial charge on any atom is 0.246 e. The highest BCUT2D eigenvalue weighted by atomic mass is 16.2. The number of nitrogens with zero attached hydrogens (tertiary/aromatic N) is 2. The monoisotopic (exact) mass is 553 g/mol. The molecular formula is C41H33N2+. The highest BCUT2D eigenvalue weighted by Crippen LogP contribution is 2.77. The van der Waals surface area contributed by atoms with Crippen molar-refractivity contribution in [1.29, 1.82) is 0 Å². The fourth-order valence-corrected chi connectivity index (χ4v) is 9.18. The molecule has 4 unspecified atom stereocenters. The van der Waals surface area contributed by atoms with Crippen LogP contribution in [0, 0.1) is 0 Å². The second-order valence-electron chi connectivity index (χ2n) is 13.0. The van der Waals surface area contributed by atoms with Crippen LogP contribution in [0.4, 0.5) is 5.69 Å². The van der Waals surface area contributed by atoms with Gasteiger partial charge in [-0.2, -0.15) is 4.59 Å². The first-order valence-corrected chi connectivity index (χ1v) is 15.9. The average Bonchev–Trinajstić information content (AvgIpc) is 3.83. The van der Waals surface area contributed by atoms with Gasteiger partial charge in [-0.3, -0.25) is 0 Å². The van der Waals surface area contributed by atoms with Crippen molar-refractivity contribution in [2.75, 3.05) is 0 Å². The Hall–Kier alpha value is -4.50. The molecule has 4 aliphatic rings. The first-order valence-electron chi connectivity index (χ1n) is 15.9. The molecule has 2 heteroatoms. The third kappa shape index (κ3) is 3.05. The lowest BCUT2D eigenvalue weighted by molar-refractivity contribution is 0.480. The summed E-state index contributed by atoms with van der Waals surface area (Å²) in [6.45, 7) is 0. The molecule has 1 saturated carbocycles. The van der Waals surface area contributed by atoms with Crippen molar-refractivity contribution in [2.24, 2.45) is 0 Å². The van der Waals surface area contributed by atoms with E-state index in [-0.39, 0.29) is 5.41 Å². The van der Waals surface area contributed by atoms with E-state index < -0.39 is 0 Å². The molecule has 0 aromatic heterocycles. The fraction of sp³-hybridized carbons (Fsp3) is 0.171. The van der Waals surface area contributed by atoms with Gasteiger partial charge in [0, 0.05) is 28.7 Å². The predicted octanol–water partition coefficient (Wildman–Crippen LogP) is 10.3. The summed E-state index contributed by atoms with van der Waals surface area (Å²) in [4.78, 5) is 0. The van der Waals surface area contributed by atoms with Crippen LogP contribution in [0.3, 0.4) is 0 Å². The fourth-order valence-electron chi connectivity index (χ4n) is 9.18. The summed E-state index contributed by atoms with van der Waals surface area (Å²) in [5.74, 6) is 0. The van der Waals surface area contributed by atoms with Crippen LogP contribution >= 0.6 is 0 Å². The van der Waals surface area contributed by atoms with E-state index in [1.165, 1.54) is 75.5 Å². The largest absolute Gasteiger partial charge is 0.246 e. The average molecular weight is 554 g/mol. The molecule has 1 spiro atoms. The molecule has 6 aromatic carbocycles. The molecule has 4 atom stereocenters.